The number of rotatable bonds is 29. The summed E-state index contributed by atoms with van der Waals surface area (Å²) >= 11 is 0. The first-order valence-electron chi connectivity index (χ1n) is 17.8. The molecule has 0 aromatic rings. The molecule has 0 bridgehead atoms. The topological polar surface area (TPSA) is 186 Å². The third kappa shape index (κ3) is 25.4. The Kier molecular flexibility index (Phi) is 26.4. The van der Waals surface area contributed by atoms with Crippen LogP contribution in [0.4, 0.5) is 0 Å². The number of ketones is 2. The van der Waals surface area contributed by atoms with Crippen molar-refractivity contribution >= 4 is 29.4 Å². The highest BCUT2D eigenvalue weighted by Gasteiger charge is 2.21. The number of nitrogens with one attached hydrogen (secondary N) is 2. The van der Waals surface area contributed by atoms with Gasteiger partial charge in [-0.1, -0.05) is 27.7 Å². The van der Waals surface area contributed by atoms with Gasteiger partial charge in [-0.3, -0.25) is 38.7 Å². The number of carboxylic acid groups (broad SMARTS) is 1. The van der Waals surface area contributed by atoms with Crippen molar-refractivity contribution < 1.29 is 52.8 Å². The Morgan fingerprint density at radius 2 is 0.800 bits per heavy atom. The van der Waals surface area contributed by atoms with Crippen LogP contribution in [0.5, 0.6) is 0 Å². The zero-order valence-corrected chi connectivity index (χ0v) is 30.8. The van der Waals surface area contributed by atoms with E-state index in [4.69, 9.17) is 23.7 Å². The van der Waals surface area contributed by atoms with Crippen LogP contribution in [-0.4, -0.2) is 187 Å². The molecule has 1 fully saturated rings. The molecule has 1 aliphatic rings. The average molecular weight is 718 g/mol. The summed E-state index contributed by atoms with van der Waals surface area (Å²) in [6.07, 6.45) is 0.772. The molecule has 0 unspecified atom stereocenters. The van der Waals surface area contributed by atoms with Crippen molar-refractivity contribution in [2.24, 2.45) is 11.8 Å². The molecule has 0 aromatic heterocycles. The molecule has 0 saturated carbocycles. The quantitative estimate of drug-likeness (QED) is 0.0844. The molecule has 0 aromatic carbocycles. The maximum Gasteiger partial charge on any atom is 0.317 e. The van der Waals surface area contributed by atoms with Gasteiger partial charge in [0.1, 0.15) is 11.6 Å². The van der Waals surface area contributed by atoms with Crippen LogP contribution in [0, 0.1) is 11.8 Å². The monoisotopic (exact) mass is 717 g/mol. The summed E-state index contributed by atoms with van der Waals surface area (Å²) in [5.41, 5.74) is 0. The van der Waals surface area contributed by atoms with Gasteiger partial charge in [-0.25, -0.2) is 0 Å². The zero-order valence-electron chi connectivity index (χ0n) is 30.8. The number of nitrogens with zero attached hydrogens (tertiary/aromatic N) is 3. The van der Waals surface area contributed by atoms with E-state index >= 15 is 0 Å². The third-order valence-electron chi connectivity index (χ3n) is 7.82. The van der Waals surface area contributed by atoms with Crippen LogP contribution in [0.25, 0.3) is 0 Å². The second-order valence-electron chi connectivity index (χ2n) is 12.7. The first-order valence-corrected chi connectivity index (χ1v) is 17.8. The highest BCUT2D eigenvalue weighted by atomic mass is 16.6. The Morgan fingerprint density at radius 1 is 0.500 bits per heavy atom. The van der Waals surface area contributed by atoms with Crippen molar-refractivity contribution in [2.75, 3.05) is 138 Å². The second-order valence-corrected chi connectivity index (χ2v) is 12.7. The standard InChI is InChI=1S/C34H63N5O11/c1-28(2)30(40)5-15-46-17-7-35-32(42)25-37-9-10-38(12-14-39(13-11-37)27-34(44)45)26-33(43)36-8-18-48-20-22-50-24-23-49-21-19-47-16-6-31(41)29(3)4/h28-29H,5-27H2,1-4H3,(H,35,42)(H,36,43)(H,44,45). The number of Topliss-reactive ketones (excluding diaryl/α,β-unsaturated/α-hetero) is 2. The van der Waals surface area contributed by atoms with Crippen molar-refractivity contribution in [3.63, 3.8) is 0 Å². The fourth-order valence-corrected chi connectivity index (χ4v) is 4.68. The van der Waals surface area contributed by atoms with Gasteiger partial charge in [0.25, 0.3) is 0 Å². The lowest BCUT2D eigenvalue weighted by Gasteiger charge is -2.25. The predicted octanol–water partition coefficient (Wildman–Crippen LogP) is -0.464. The van der Waals surface area contributed by atoms with Crippen LogP contribution in [0.15, 0.2) is 0 Å². The molecular formula is C34H63N5O11. The van der Waals surface area contributed by atoms with Gasteiger partial charge in [-0.2, -0.15) is 0 Å². The normalized spacial score (nSPS) is 15.1. The van der Waals surface area contributed by atoms with Gasteiger partial charge in [-0.05, 0) is 0 Å². The largest absolute Gasteiger partial charge is 0.480 e. The van der Waals surface area contributed by atoms with E-state index in [1.165, 1.54) is 0 Å². The number of hydrogen-bond donors (Lipinski definition) is 3. The number of amides is 2. The number of carbonyl (C=O) groups is 5. The number of hydrogen-bond acceptors (Lipinski definition) is 13. The second kappa shape index (κ2) is 29.1. The van der Waals surface area contributed by atoms with E-state index in [0.29, 0.717) is 131 Å². The van der Waals surface area contributed by atoms with E-state index in [-0.39, 0.29) is 54.9 Å². The molecule has 1 rings (SSSR count). The van der Waals surface area contributed by atoms with Crippen LogP contribution in [0.1, 0.15) is 40.5 Å². The average Bonchev–Trinajstić information content (AvgIpc) is 3.14. The molecule has 0 spiro atoms. The number of carboxylic acids is 1. The summed E-state index contributed by atoms with van der Waals surface area (Å²) in [6.45, 7) is 15.2. The first-order chi connectivity index (χ1) is 24.0. The van der Waals surface area contributed by atoms with Crippen LogP contribution in [0.3, 0.4) is 0 Å². The summed E-state index contributed by atoms with van der Waals surface area (Å²) < 4.78 is 27.3. The fourth-order valence-electron chi connectivity index (χ4n) is 4.68. The molecule has 16 nitrogen and oxygen atoms in total. The summed E-state index contributed by atoms with van der Waals surface area (Å²) in [4.78, 5) is 65.6. The Balaban J connectivity index is 2.24. The van der Waals surface area contributed by atoms with E-state index in [1.807, 2.05) is 42.4 Å². The van der Waals surface area contributed by atoms with Gasteiger partial charge < -0.3 is 39.4 Å². The fraction of sp³-hybridized carbons (Fsp3) is 0.853. The molecule has 16 heteroatoms. The van der Waals surface area contributed by atoms with E-state index < -0.39 is 5.97 Å². The van der Waals surface area contributed by atoms with Crippen molar-refractivity contribution in [2.45, 2.75) is 40.5 Å². The molecule has 3 N–H and O–H groups in total. The summed E-state index contributed by atoms with van der Waals surface area (Å²) in [7, 11) is 0. The lowest BCUT2D eigenvalue weighted by Crippen LogP contribution is -2.45. The molecule has 50 heavy (non-hydrogen) atoms. The van der Waals surface area contributed by atoms with Gasteiger partial charge in [-0.15, -0.1) is 0 Å². The first kappa shape index (κ1) is 45.5. The van der Waals surface area contributed by atoms with Crippen LogP contribution in [-0.2, 0) is 47.7 Å². The predicted molar refractivity (Wildman–Crippen MR) is 186 cm³/mol. The van der Waals surface area contributed by atoms with Crippen LogP contribution in [0.2, 0.25) is 0 Å². The Bertz CT molecular complexity index is 970. The number of aliphatic carboxylic acids is 1. The third-order valence-corrected chi connectivity index (χ3v) is 7.82. The Labute approximate surface area is 297 Å². The maximum atomic E-state index is 12.7. The summed E-state index contributed by atoms with van der Waals surface area (Å²) in [5, 5.41) is 15.0. The lowest BCUT2D eigenvalue weighted by atomic mass is 10.1. The minimum absolute atomic E-state index is 0.0239. The summed E-state index contributed by atoms with van der Waals surface area (Å²) in [6, 6.07) is 0. The molecule has 1 heterocycles. The van der Waals surface area contributed by atoms with E-state index in [9.17, 15) is 29.1 Å². The van der Waals surface area contributed by atoms with Crippen LogP contribution < -0.4 is 10.6 Å². The van der Waals surface area contributed by atoms with Crippen molar-refractivity contribution in [1.82, 2.24) is 25.3 Å². The molecule has 290 valence electrons. The van der Waals surface area contributed by atoms with E-state index in [1.54, 1.807) is 0 Å². The van der Waals surface area contributed by atoms with Gasteiger partial charge >= 0.3 is 5.97 Å². The Morgan fingerprint density at radius 3 is 1.14 bits per heavy atom. The van der Waals surface area contributed by atoms with Crippen molar-refractivity contribution in [3.05, 3.63) is 0 Å². The lowest BCUT2D eigenvalue weighted by molar-refractivity contribution is -0.138. The van der Waals surface area contributed by atoms with Gasteiger partial charge in [0.05, 0.1) is 85.7 Å². The van der Waals surface area contributed by atoms with Gasteiger partial charge in [0, 0.05) is 77.0 Å². The molecule has 1 aliphatic heterocycles. The number of ether oxygens (including phenoxy) is 5. The molecular weight excluding hydrogens is 654 g/mol. The maximum absolute atomic E-state index is 12.7. The van der Waals surface area contributed by atoms with Gasteiger partial charge in [0.15, 0.2) is 0 Å². The SMILES string of the molecule is CC(C)C(=O)CCOCCNC(=O)CN1CCN(CC(=O)O)CCN(CC(=O)NCCOCCOCCOCCOCCC(=O)C(C)C)CC1. The molecule has 2 amide bonds. The smallest absolute Gasteiger partial charge is 0.317 e. The Hall–Kier alpha value is -2.57. The molecule has 1 saturated heterocycles. The highest BCUT2D eigenvalue weighted by molar-refractivity contribution is 5.80. The molecule has 0 aliphatic carbocycles. The minimum atomic E-state index is -0.930. The molecule has 0 atom stereocenters. The highest BCUT2D eigenvalue weighted by Crippen LogP contribution is 2.02. The number of carbonyl (C=O) groups excluding carboxylic acids is 4. The van der Waals surface area contributed by atoms with E-state index in [0.717, 1.165) is 0 Å². The van der Waals surface area contributed by atoms with E-state index in [2.05, 4.69) is 10.6 Å². The summed E-state index contributed by atoms with van der Waals surface area (Å²) in [5.74, 6) is -0.932. The van der Waals surface area contributed by atoms with Gasteiger partial charge in [0.2, 0.25) is 11.8 Å². The molecule has 0 radical (unpaired) electrons. The van der Waals surface area contributed by atoms with Crippen molar-refractivity contribution in [1.29, 1.82) is 0 Å². The zero-order chi connectivity index (χ0) is 37.0. The minimum Gasteiger partial charge on any atom is -0.480 e. The van der Waals surface area contributed by atoms with Crippen molar-refractivity contribution in [3.8, 4) is 0 Å². The van der Waals surface area contributed by atoms with Crippen LogP contribution >= 0.6 is 0 Å².